The fourth-order valence-corrected chi connectivity index (χ4v) is 0.990. The Bertz CT molecular complexity index is 127. The summed E-state index contributed by atoms with van der Waals surface area (Å²) < 4.78 is 9.55. The molecule has 4 nitrogen and oxygen atoms in total. The molecule has 1 heterocycles. The smallest absolute Gasteiger partial charge is 0.409 e. The number of amides is 1. The third-order valence-electron chi connectivity index (χ3n) is 1.26. The highest BCUT2D eigenvalue weighted by Crippen LogP contribution is 2.10. The SMILES string of the molecule is CO[C@@H]1NC(=O)O[C@@H]1CCl. The summed E-state index contributed by atoms with van der Waals surface area (Å²) in [5.74, 6) is 0.247. The van der Waals surface area contributed by atoms with E-state index in [4.69, 9.17) is 21.1 Å². The zero-order chi connectivity index (χ0) is 7.56. The van der Waals surface area contributed by atoms with Gasteiger partial charge in [-0.3, -0.25) is 5.32 Å². The quantitative estimate of drug-likeness (QED) is 0.599. The van der Waals surface area contributed by atoms with E-state index >= 15 is 0 Å². The average molecular weight is 166 g/mol. The molecule has 0 aromatic rings. The Balaban J connectivity index is 2.48. The van der Waals surface area contributed by atoms with E-state index in [1.807, 2.05) is 0 Å². The van der Waals surface area contributed by atoms with Crippen LogP contribution in [0.25, 0.3) is 0 Å². The summed E-state index contributed by atoms with van der Waals surface area (Å²) in [5.41, 5.74) is 0. The molecule has 1 rings (SSSR count). The van der Waals surface area contributed by atoms with Gasteiger partial charge in [-0.05, 0) is 0 Å². The number of alkyl halides is 1. The van der Waals surface area contributed by atoms with Gasteiger partial charge in [-0.15, -0.1) is 11.6 Å². The van der Waals surface area contributed by atoms with Crippen LogP contribution < -0.4 is 5.32 Å². The molecular weight excluding hydrogens is 158 g/mol. The van der Waals surface area contributed by atoms with Crippen molar-refractivity contribution in [2.24, 2.45) is 0 Å². The fraction of sp³-hybridized carbons (Fsp3) is 0.800. The van der Waals surface area contributed by atoms with Gasteiger partial charge in [0.1, 0.15) is 0 Å². The van der Waals surface area contributed by atoms with Gasteiger partial charge in [0.25, 0.3) is 0 Å². The molecule has 0 saturated carbocycles. The minimum Gasteiger partial charge on any atom is -0.440 e. The summed E-state index contributed by atoms with van der Waals surface area (Å²) >= 11 is 5.45. The molecule has 0 spiro atoms. The largest absolute Gasteiger partial charge is 0.440 e. The second kappa shape index (κ2) is 3.07. The predicted molar refractivity (Wildman–Crippen MR) is 34.9 cm³/mol. The molecule has 5 heteroatoms. The minimum absolute atomic E-state index is 0.247. The van der Waals surface area contributed by atoms with Crippen LogP contribution in [-0.2, 0) is 9.47 Å². The van der Waals surface area contributed by atoms with Crippen LogP contribution in [0.3, 0.4) is 0 Å². The summed E-state index contributed by atoms with van der Waals surface area (Å²) in [4.78, 5) is 10.5. The van der Waals surface area contributed by atoms with Crippen molar-refractivity contribution in [2.45, 2.75) is 12.3 Å². The number of alkyl carbamates (subject to hydrolysis) is 1. The molecule has 0 radical (unpaired) electrons. The molecule has 0 aliphatic carbocycles. The molecule has 1 aliphatic heterocycles. The van der Waals surface area contributed by atoms with E-state index in [-0.39, 0.29) is 12.0 Å². The number of methoxy groups -OCH3 is 1. The molecular formula is C5H8ClNO3. The number of ether oxygens (including phenoxy) is 2. The van der Waals surface area contributed by atoms with Crippen molar-refractivity contribution in [1.82, 2.24) is 5.32 Å². The Morgan fingerprint density at radius 1 is 1.90 bits per heavy atom. The predicted octanol–water partition coefficient (Wildman–Crippen LogP) is 0.306. The second-order valence-corrected chi connectivity index (χ2v) is 2.21. The van der Waals surface area contributed by atoms with Crippen LogP contribution in [0.1, 0.15) is 0 Å². The van der Waals surface area contributed by atoms with E-state index in [0.29, 0.717) is 0 Å². The van der Waals surface area contributed by atoms with Gasteiger partial charge < -0.3 is 9.47 Å². The van der Waals surface area contributed by atoms with Crippen LogP contribution in [0.2, 0.25) is 0 Å². The van der Waals surface area contributed by atoms with Crippen molar-refractivity contribution in [3.63, 3.8) is 0 Å². The normalized spacial score (nSPS) is 31.6. The Kier molecular flexibility index (Phi) is 2.34. The van der Waals surface area contributed by atoms with Gasteiger partial charge in [0, 0.05) is 7.11 Å². The number of halogens is 1. The van der Waals surface area contributed by atoms with Gasteiger partial charge in [0.2, 0.25) is 0 Å². The molecule has 58 valence electrons. The maximum atomic E-state index is 10.5. The summed E-state index contributed by atoms with van der Waals surface area (Å²) in [6.07, 6.45) is -1.23. The van der Waals surface area contributed by atoms with Crippen molar-refractivity contribution >= 4 is 17.7 Å². The van der Waals surface area contributed by atoms with Crippen LogP contribution in [-0.4, -0.2) is 31.4 Å². The first kappa shape index (κ1) is 7.63. The first-order chi connectivity index (χ1) is 4.77. The number of cyclic esters (lactones) is 1. The maximum absolute atomic E-state index is 10.5. The Labute approximate surface area is 63.4 Å². The van der Waals surface area contributed by atoms with Crippen LogP contribution in [0.5, 0.6) is 0 Å². The lowest BCUT2D eigenvalue weighted by molar-refractivity contribution is 0.0327. The van der Waals surface area contributed by atoms with Gasteiger partial charge in [-0.25, -0.2) is 4.79 Å². The highest BCUT2D eigenvalue weighted by Gasteiger charge is 2.32. The van der Waals surface area contributed by atoms with Gasteiger partial charge in [-0.1, -0.05) is 0 Å². The fourth-order valence-electron chi connectivity index (χ4n) is 0.766. The molecule has 1 aliphatic rings. The molecule has 1 fully saturated rings. The number of rotatable bonds is 2. The van der Waals surface area contributed by atoms with Crippen molar-refractivity contribution < 1.29 is 14.3 Å². The molecule has 0 unspecified atom stereocenters. The first-order valence-corrected chi connectivity index (χ1v) is 3.37. The van der Waals surface area contributed by atoms with E-state index in [9.17, 15) is 4.79 Å². The van der Waals surface area contributed by atoms with Gasteiger partial charge in [0.15, 0.2) is 12.3 Å². The number of hydrogen-bond acceptors (Lipinski definition) is 3. The molecule has 0 bridgehead atoms. The first-order valence-electron chi connectivity index (χ1n) is 2.84. The molecule has 1 amide bonds. The molecule has 1 saturated heterocycles. The minimum atomic E-state index is -0.475. The highest BCUT2D eigenvalue weighted by molar-refractivity contribution is 6.18. The second-order valence-electron chi connectivity index (χ2n) is 1.90. The Hall–Kier alpha value is -0.480. The van der Waals surface area contributed by atoms with Crippen molar-refractivity contribution in [1.29, 1.82) is 0 Å². The number of carbonyl (C=O) groups is 1. The monoisotopic (exact) mass is 165 g/mol. The molecule has 1 N–H and O–H groups in total. The van der Waals surface area contributed by atoms with Crippen molar-refractivity contribution in [3.05, 3.63) is 0 Å². The van der Waals surface area contributed by atoms with Gasteiger partial charge in [-0.2, -0.15) is 0 Å². The number of hydrogen-bond donors (Lipinski definition) is 1. The zero-order valence-corrected chi connectivity index (χ0v) is 6.22. The number of carbonyl (C=O) groups excluding carboxylic acids is 1. The number of nitrogens with one attached hydrogen (secondary N) is 1. The summed E-state index contributed by atoms with van der Waals surface area (Å²) in [7, 11) is 1.49. The lowest BCUT2D eigenvalue weighted by atomic mass is 10.4. The third kappa shape index (κ3) is 1.33. The van der Waals surface area contributed by atoms with Crippen LogP contribution >= 0.6 is 11.6 Å². The van der Waals surface area contributed by atoms with Crippen LogP contribution in [0.15, 0.2) is 0 Å². The van der Waals surface area contributed by atoms with Gasteiger partial charge in [0.05, 0.1) is 5.88 Å². The lowest BCUT2D eigenvalue weighted by Gasteiger charge is -2.10. The molecule has 0 aromatic carbocycles. The Morgan fingerprint density at radius 2 is 2.60 bits per heavy atom. The topological polar surface area (TPSA) is 47.6 Å². The van der Waals surface area contributed by atoms with E-state index < -0.39 is 12.3 Å². The summed E-state index contributed by atoms with van der Waals surface area (Å²) in [6, 6.07) is 0. The van der Waals surface area contributed by atoms with E-state index in [1.54, 1.807) is 0 Å². The lowest BCUT2D eigenvalue weighted by Crippen LogP contribution is -2.33. The van der Waals surface area contributed by atoms with Crippen molar-refractivity contribution in [2.75, 3.05) is 13.0 Å². The van der Waals surface area contributed by atoms with E-state index in [1.165, 1.54) is 7.11 Å². The molecule has 0 aromatic heterocycles. The zero-order valence-electron chi connectivity index (χ0n) is 5.46. The van der Waals surface area contributed by atoms with E-state index in [2.05, 4.69) is 5.32 Å². The summed E-state index contributed by atoms with van der Waals surface area (Å²) in [6.45, 7) is 0. The highest BCUT2D eigenvalue weighted by atomic mass is 35.5. The maximum Gasteiger partial charge on any atom is 0.409 e. The molecule has 10 heavy (non-hydrogen) atoms. The van der Waals surface area contributed by atoms with E-state index in [0.717, 1.165) is 0 Å². The Morgan fingerprint density at radius 3 is 3.00 bits per heavy atom. The van der Waals surface area contributed by atoms with Crippen molar-refractivity contribution in [3.8, 4) is 0 Å². The van der Waals surface area contributed by atoms with Crippen LogP contribution in [0.4, 0.5) is 4.79 Å². The van der Waals surface area contributed by atoms with Gasteiger partial charge >= 0.3 is 6.09 Å². The standard InChI is InChI=1S/C5H8ClNO3/c1-9-4-3(2-6)10-5(8)7-4/h3-4H,2H2,1H3,(H,7,8)/t3-,4+/m1/s1. The summed E-state index contributed by atoms with van der Waals surface area (Å²) in [5, 5.41) is 2.44. The molecule has 2 atom stereocenters. The third-order valence-corrected chi connectivity index (χ3v) is 1.57. The average Bonchev–Trinajstić information content (AvgIpc) is 2.30. The van der Waals surface area contributed by atoms with Crippen LogP contribution in [0, 0.1) is 0 Å².